The zero-order chi connectivity index (χ0) is 20.5. The van der Waals surface area contributed by atoms with Gasteiger partial charge in [0.2, 0.25) is 0 Å². The Bertz CT molecular complexity index is 1110. The van der Waals surface area contributed by atoms with E-state index in [1.807, 2.05) is 30.5 Å². The van der Waals surface area contributed by atoms with Crippen LogP contribution < -0.4 is 5.32 Å². The van der Waals surface area contributed by atoms with E-state index in [1.54, 1.807) is 6.92 Å². The molecule has 3 aromatic rings. The number of aromatic amines is 1. The molecule has 0 unspecified atom stereocenters. The number of rotatable bonds is 5. The van der Waals surface area contributed by atoms with Gasteiger partial charge in [-0.3, -0.25) is 9.59 Å². The summed E-state index contributed by atoms with van der Waals surface area (Å²) in [4.78, 5) is 40.6. The zero-order valence-corrected chi connectivity index (χ0v) is 16.3. The van der Waals surface area contributed by atoms with Gasteiger partial charge in [-0.05, 0) is 25.0 Å². The third-order valence-corrected chi connectivity index (χ3v) is 5.40. The molecule has 7 heteroatoms. The Morgan fingerprint density at radius 2 is 2.07 bits per heavy atom. The van der Waals surface area contributed by atoms with E-state index >= 15 is 0 Å². The van der Waals surface area contributed by atoms with E-state index in [0.29, 0.717) is 36.1 Å². The molecular weight excluding hydrogens is 372 g/mol. The van der Waals surface area contributed by atoms with Crippen LogP contribution in [0.5, 0.6) is 0 Å². The van der Waals surface area contributed by atoms with Crippen LogP contribution in [-0.2, 0) is 22.4 Å². The molecule has 0 bridgehead atoms. The smallest absolute Gasteiger partial charge is 0.328 e. The maximum atomic E-state index is 12.9. The summed E-state index contributed by atoms with van der Waals surface area (Å²) < 4.78 is 10.6. The number of amides is 1. The molecule has 150 valence electrons. The van der Waals surface area contributed by atoms with Gasteiger partial charge < -0.3 is 19.5 Å². The summed E-state index contributed by atoms with van der Waals surface area (Å²) in [5.41, 5.74) is 2.87. The summed E-state index contributed by atoms with van der Waals surface area (Å²) in [6, 6.07) is 6.85. The summed E-state index contributed by atoms with van der Waals surface area (Å²) in [6.45, 7) is 1.70. The van der Waals surface area contributed by atoms with Gasteiger partial charge in [-0.1, -0.05) is 18.2 Å². The van der Waals surface area contributed by atoms with Crippen LogP contribution in [0, 0.1) is 6.92 Å². The van der Waals surface area contributed by atoms with Crippen molar-refractivity contribution in [3.63, 3.8) is 0 Å². The van der Waals surface area contributed by atoms with Gasteiger partial charge in [-0.2, -0.15) is 0 Å². The lowest BCUT2D eigenvalue weighted by Crippen LogP contribution is -2.43. The van der Waals surface area contributed by atoms with Gasteiger partial charge in [0.25, 0.3) is 5.91 Å². The molecule has 1 aliphatic rings. The molecule has 1 aromatic carbocycles. The van der Waals surface area contributed by atoms with E-state index in [9.17, 15) is 14.4 Å². The summed E-state index contributed by atoms with van der Waals surface area (Å²) in [7, 11) is 1.28. The first-order valence-corrected chi connectivity index (χ1v) is 9.58. The van der Waals surface area contributed by atoms with Crippen molar-refractivity contribution in [2.75, 3.05) is 7.11 Å². The predicted molar refractivity (Wildman–Crippen MR) is 106 cm³/mol. The van der Waals surface area contributed by atoms with Crippen molar-refractivity contribution in [3.8, 4) is 0 Å². The van der Waals surface area contributed by atoms with E-state index in [0.717, 1.165) is 16.5 Å². The number of nitrogens with one attached hydrogen (secondary N) is 2. The normalized spacial score (nSPS) is 14.5. The molecule has 0 saturated heterocycles. The SMILES string of the molecule is COC(=O)[C@@H](Cc1c[nH]c2ccccc12)NC(=O)c1oc2c(c1C)C(=O)CCC2. The molecule has 2 heterocycles. The number of fused-ring (bicyclic) bond motifs is 2. The molecule has 1 amide bonds. The summed E-state index contributed by atoms with van der Waals surface area (Å²) in [6.07, 6.45) is 3.89. The largest absolute Gasteiger partial charge is 0.467 e. The first-order valence-electron chi connectivity index (χ1n) is 9.58. The van der Waals surface area contributed by atoms with Crippen LogP contribution in [0.3, 0.4) is 0 Å². The third-order valence-electron chi connectivity index (χ3n) is 5.40. The molecule has 4 rings (SSSR count). The minimum atomic E-state index is -0.885. The van der Waals surface area contributed by atoms with Crippen molar-refractivity contribution in [1.82, 2.24) is 10.3 Å². The van der Waals surface area contributed by atoms with Crippen LogP contribution in [0.15, 0.2) is 34.9 Å². The quantitative estimate of drug-likeness (QED) is 0.648. The number of esters is 1. The Morgan fingerprint density at radius 1 is 1.28 bits per heavy atom. The first-order chi connectivity index (χ1) is 14.0. The fourth-order valence-corrected chi connectivity index (χ4v) is 3.94. The number of aryl methyl sites for hydroxylation is 1. The zero-order valence-electron chi connectivity index (χ0n) is 16.3. The molecular formula is C22H22N2O5. The lowest BCUT2D eigenvalue weighted by Gasteiger charge is -2.16. The highest BCUT2D eigenvalue weighted by molar-refractivity contribution is 6.04. The van der Waals surface area contributed by atoms with Crippen molar-refractivity contribution in [3.05, 3.63) is 58.7 Å². The lowest BCUT2D eigenvalue weighted by atomic mass is 9.94. The Hall–Kier alpha value is -3.35. The van der Waals surface area contributed by atoms with Crippen LogP contribution in [-0.4, -0.2) is 35.8 Å². The third kappa shape index (κ3) is 3.44. The highest BCUT2D eigenvalue weighted by atomic mass is 16.5. The fourth-order valence-electron chi connectivity index (χ4n) is 3.94. The van der Waals surface area contributed by atoms with Gasteiger partial charge in [0.05, 0.1) is 12.7 Å². The van der Waals surface area contributed by atoms with Crippen molar-refractivity contribution in [1.29, 1.82) is 0 Å². The average Bonchev–Trinajstić information content (AvgIpc) is 3.29. The molecule has 0 aliphatic heterocycles. The second-order valence-corrected chi connectivity index (χ2v) is 7.24. The first kappa shape index (κ1) is 19.0. The monoisotopic (exact) mass is 394 g/mol. The van der Waals surface area contributed by atoms with Gasteiger partial charge >= 0.3 is 5.97 Å². The number of H-pyrrole nitrogens is 1. The Labute approximate surface area is 167 Å². The summed E-state index contributed by atoms with van der Waals surface area (Å²) in [5, 5.41) is 3.70. The number of para-hydroxylation sites is 1. The maximum Gasteiger partial charge on any atom is 0.328 e. The molecule has 29 heavy (non-hydrogen) atoms. The van der Waals surface area contributed by atoms with Gasteiger partial charge in [-0.25, -0.2) is 4.79 Å². The number of Topliss-reactive ketones (excluding diaryl/α,β-unsaturated/α-hetero) is 1. The molecule has 7 nitrogen and oxygen atoms in total. The summed E-state index contributed by atoms with van der Waals surface area (Å²) in [5.74, 6) is -0.447. The lowest BCUT2D eigenvalue weighted by molar-refractivity contribution is -0.142. The van der Waals surface area contributed by atoms with E-state index in [2.05, 4.69) is 10.3 Å². The average molecular weight is 394 g/mol. The molecule has 0 radical (unpaired) electrons. The van der Waals surface area contributed by atoms with Crippen LogP contribution >= 0.6 is 0 Å². The van der Waals surface area contributed by atoms with Crippen LogP contribution in [0.1, 0.15) is 50.6 Å². The number of hydrogen-bond acceptors (Lipinski definition) is 5. The van der Waals surface area contributed by atoms with Crippen LogP contribution in [0.25, 0.3) is 10.9 Å². The minimum Gasteiger partial charge on any atom is -0.467 e. The highest BCUT2D eigenvalue weighted by Gasteiger charge is 2.31. The fraction of sp³-hybridized carbons (Fsp3) is 0.318. The Kier molecular flexibility index (Phi) is 4.96. The Balaban J connectivity index is 1.60. The maximum absolute atomic E-state index is 12.9. The highest BCUT2D eigenvalue weighted by Crippen LogP contribution is 2.29. The minimum absolute atomic E-state index is 0.00476. The van der Waals surface area contributed by atoms with Crippen molar-refractivity contribution < 1.29 is 23.5 Å². The number of methoxy groups -OCH3 is 1. The molecule has 2 N–H and O–H groups in total. The van der Waals surface area contributed by atoms with Gasteiger partial charge in [0.15, 0.2) is 11.5 Å². The molecule has 2 aromatic heterocycles. The van der Waals surface area contributed by atoms with Gasteiger partial charge in [-0.15, -0.1) is 0 Å². The van der Waals surface area contributed by atoms with Gasteiger partial charge in [0.1, 0.15) is 11.8 Å². The standard InChI is InChI=1S/C22H22N2O5/c1-12-19-17(25)8-5-9-18(19)29-20(12)21(26)24-16(22(27)28-2)10-13-11-23-15-7-4-3-6-14(13)15/h3-4,6-7,11,16,23H,5,8-10H2,1-2H3,(H,24,26)/t16-/m1/s1. The molecule has 1 atom stereocenters. The number of carbonyl (C=O) groups is 3. The van der Waals surface area contributed by atoms with Crippen LogP contribution in [0.2, 0.25) is 0 Å². The van der Waals surface area contributed by atoms with Crippen molar-refractivity contribution in [2.45, 2.75) is 38.6 Å². The number of benzene rings is 1. The van der Waals surface area contributed by atoms with Crippen molar-refractivity contribution >= 4 is 28.6 Å². The van der Waals surface area contributed by atoms with E-state index in [1.165, 1.54) is 7.11 Å². The van der Waals surface area contributed by atoms with Crippen LogP contribution in [0.4, 0.5) is 0 Å². The molecule has 1 aliphatic carbocycles. The predicted octanol–water partition coefficient (Wildman–Crippen LogP) is 3.10. The number of ketones is 1. The Morgan fingerprint density at radius 3 is 2.83 bits per heavy atom. The second-order valence-electron chi connectivity index (χ2n) is 7.24. The number of hydrogen-bond donors (Lipinski definition) is 2. The van der Waals surface area contributed by atoms with E-state index in [4.69, 9.17) is 9.15 Å². The topological polar surface area (TPSA) is 101 Å². The van der Waals surface area contributed by atoms with Crippen molar-refractivity contribution in [2.24, 2.45) is 0 Å². The number of ether oxygens (including phenoxy) is 1. The molecule has 0 spiro atoms. The number of furan rings is 1. The second kappa shape index (κ2) is 7.58. The number of aromatic nitrogens is 1. The van der Waals surface area contributed by atoms with E-state index in [-0.39, 0.29) is 18.0 Å². The molecule has 0 saturated carbocycles. The summed E-state index contributed by atoms with van der Waals surface area (Å²) >= 11 is 0. The number of carbonyl (C=O) groups excluding carboxylic acids is 3. The van der Waals surface area contributed by atoms with E-state index < -0.39 is 17.9 Å². The van der Waals surface area contributed by atoms with Gasteiger partial charge in [0, 0.05) is 41.9 Å². The molecule has 0 fully saturated rings.